The fraction of sp³-hybridized carbons (Fsp3) is 0.357. The minimum absolute atomic E-state index is 0.117. The first-order valence-corrected chi connectivity index (χ1v) is 13.7. The van der Waals surface area contributed by atoms with Crippen molar-refractivity contribution in [3.63, 3.8) is 0 Å². The predicted octanol–water partition coefficient (Wildman–Crippen LogP) is 5.15. The first-order chi connectivity index (χ1) is 16.8. The smallest absolute Gasteiger partial charge is 0.264 e. The second-order valence-electron chi connectivity index (χ2n) is 8.93. The van der Waals surface area contributed by atoms with E-state index in [0.717, 1.165) is 30.8 Å². The Labute approximate surface area is 208 Å². The third kappa shape index (κ3) is 6.63. The highest BCUT2D eigenvalue weighted by Crippen LogP contribution is 2.39. The average Bonchev–Trinajstić information content (AvgIpc) is 2.87. The van der Waals surface area contributed by atoms with Gasteiger partial charge in [-0.3, -0.25) is 9.08 Å². The van der Waals surface area contributed by atoms with Crippen LogP contribution in [0.2, 0.25) is 0 Å². The number of rotatable bonds is 10. The molecule has 2 atom stereocenters. The van der Waals surface area contributed by atoms with Crippen LogP contribution in [-0.2, 0) is 20.8 Å². The highest BCUT2D eigenvalue weighted by atomic mass is 32.2. The van der Waals surface area contributed by atoms with Crippen LogP contribution in [0.15, 0.2) is 72.8 Å². The second kappa shape index (κ2) is 11.2. The molecule has 1 heterocycles. The van der Waals surface area contributed by atoms with Crippen LogP contribution in [0.1, 0.15) is 47.6 Å². The standard InChI is InChI=1S/C28H33NO5S/c1-21(22-8-5-4-6-9-22)29-19-24-18-26(33-16-7-17-34-35(3,30)31)14-15-27(24)28(20-29)23-10-12-25(32-2)13-11-23/h4-6,8-15,18,21,28H,7,16-17,19-20H2,1-3H3. The molecule has 7 heteroatoms. The van der Waals surface area contributed by atoms with Gasteiger partial charge < -0.3 is 9.47 Å². The lowest BCUT2D eigenvalue weighted by atomic mass is 9.83. The van der Waals surface area contributed by atoms with Crippen molar-refractivity contribution in [2.45, 2.75) is 31.8 Å². The Balaban J connectivity index is 1.56. The minimum Gasteiger partial charge on any atom is -0.497 e. The molecule has 1 aliphatic heterocycles. The summed E-state index contributed by atoms with van der Waals surface area (Å²) in [7, 11) is -1.74. The second-order valence-corrected chi connectivity index (χ2v) is 10.6. The summed E-state index contributed by atoms with van der Waals surface area (Å²) in [5.41, 5.74) is 5.09. The van der Waals surface area contributed by atoms with Gasteiger partial charge in [0, 0.05) is 31.5 Å². The van der Waals surface area contributed by atoms with Gasteiger partial charge in [-0.05, 0) is 53.4 Å². The lowest BCUT2D eigenvalue weighted by Crippen LogP contribution is -2.36. The number of benzene rings is 3. The molecular weight excluding hydrogens is 462 g/mol. The van der Waals surface area contributed by atoms with E-state index in [-0.39, 0.29) is 18.6 Å². The van der Waals surface area contributed by atoms with Gasteiger partial charge in [-0.15, -0.1) is 0 Å². The molecule has 0 fully saturated rings. The number of nitrogens with zero attached hydrogens (tertiary/aromatic N) is 1. The molecule has 0 amide bonds. The molecule has 0 saturated carbocycles. The van der Waals surface area contributed by atoms with E-state index in [2.05, 4.69) is 60.4 Å². The van der Waals surface area contributed by atoms with Gasteiger partial charge in [-0.1, -0.05) is 48.5 Å². The maximum atomic E-state index is 11.1. The molecule has 0 saturated heterocycles. The van der Waals surface area contributed by atoms with Crippen molar-refractivity contribution in [1.82, 2.24) is 4.90 Å². The quantitative estimate of drug-likeness (QED) is 0.286. The largest absolute Gasteiger partial charge is 0.497 e. The molecule has 3 aromatic rings. The number of ether oxygens (including phenoxy) is 2. The van der Waals surface area contributed by atoms with Gasteiger partial charge in [0.05, 0.1) is 26.6 Å². The fourth-order valence-electron chi connectivity index (χ4n) is 4.58. The average molecular weight is 496 g/mol. The monoisotopic (exact) mass is 495 g/mol. The topological polar surface area (TPSA) is 65.1 Å². The summed E-state index contributed by atoms with van der Waals surface area (Å²) < 4.78 is 38.3. The number of hydrogen-bond acceptors (Lipinski definition) is 6. The van der Waals surface area contributed by atoms with Gasteiger partial charge in [0.15, 0.2) is 0 Å². The number of hydrogen-bond donors (Lipinski definition) is 0. The first-order valence-electron chi connectivity index (χ1n) is 11.9. The summed E-state index contributed by atoms with van der Waals surface area (Å²) in [4.78, 5) is 2.51. The van der Waals surface area contributed by atoms with Crippen LogP contribution in [-0.4, -0.2) is 46.4 Å². The summed E-state index contributed by atoms with van der Waals surface area (Å²) >= 11 is 0. The first kappa shape index (κ1) is 25.2. The van der Waals surface area contributed by atoms with E-state index in [4.69, 9.17) is 13.7 Å². The normalized spacial score (nSPS) is 16.9. The minimum atomic E-state index is -3.42. The Morgan fingerprint density at radius 1 is 0.971 bits per heavy atom. The van der Waals surface area contributed by atoms with Crippen molar-refractivity contribution in [2.24, 2.45) is 0 Å². The van der Waals surface area contributed by atoms with E-state index < -0.39 is 10.1 Å². The van der Waals surface area contributed by atoms with Gasteiger partial charge in [-0.25, -0.2) is 0 Å². The number of fused-ring (bicyclic) bond motifs is 1. The summed E-state index contributed by atoms with van der Waals surface area (Å²) in [5, 5.41) is 0. The highest BCUT2D eigenvalue weighted by Gasteiger charge is 2.30. The molecule has 2 unspecified atom stereocenters. The van der Waals surface area contributed by atoms with Gasteiger partial charge in [0.1, 0.15) is 11.5 Å². The maximum absolute atomic E-state index is 11.1. The molecule has 0 N–H and O–H groups in total. The molecule has 0 bridgehead atoms. The van der Waals surface area contributed by atoms with E-state index >= 15 is 0 Å². The molecule has 1 aliphatic rings. The maximum Gasteiger partial charge on any atom is 0.264 e. The Morgan fingerprint density at radius 2 is 1.69 bits per heavy atom. The van der Waals surface area contributed by atoms with Crippen molar-refractivity contribution < 1.29 is 22.1 Å². The van der Waals surface area contributed by atoms with Gasteiger partial charge in [-0.2, -0.15) is 8.42 Å². The molecule has 186 valence electrons. The van der Waals surface area contributed by atoms with Crippen molar-refractivity contribution in [2.75, 3.05) is 33.1 Å². The Bertz CT molecular complexity index is 1210. The van der Waals surface area contributed by atoms with Crippen LogP contribution in [0.25, 0.3) is 0 Å². The molecular formula is C28H33NO5S. The SMILES string of the molecule is COc1ccc(C2CN(C(C)c3ccccc3)Cc3cc(OCCCOS(C)(=O)=O)ccc32)cc1. The Morgan fingerprint density at radius 3 is 2.37 bits per heavy atom. The summed E-state index contributed by atoms with van der Waals surface area (Å²) in [6, 6.07) is 25.5. The zero-order valence-corrected chi connectivity index (χ0v) is 21.3. The zero-order chi connectivity index (χ0) is 24.8. The summed E-state index contributed by atoms with van der Waals surface area (Å²) in [6.07, 6.45) is 1.55. The van der Waals surface area contributed by atoms with Crippen molar-refractivity contribution in [3.8, 4) is 11.5 Å². The molecule has 6 nitrogen and oxygen atoms in total. The predicted molar refractivity (Wildman–Crippen MR) is 137 cm³/mol. The van der Waals surface area contributed by atoms with Crippen LogP contribution >= 0.6 is 0 Å². The van der Waals surface area contributed by atoms with E-state index in [1.54, 1.807) is 7.11 Å². The van der Waals surface area contributed by atoms with Crippen molar-refractivity contribution in [3.05, 3.63) is 95.1 Å². The van der Waals surface area contributed by atoms with E-state index in [9.17, 15) is 8.42 Å². The van der Waals surface area contributed by atoms with Crippen molar-refractivity contribution >= 4 is 10.1 Å². The summed E-state index contributed by atoms with van der Waals surface area (Å²) in [5.74, 6) is 1.86. The Kier molecular flexibility index (Phi) is 8.11. The lowest BCUT2D eigenvalue weighted by molar-refractivity contribution is 0.181. The van der Waals surface area contributed by atoms with Crippen LogP contribution in [0.5, 0.6) is 11.5 Å². The lowest BCUT2D eigenvalue weighted by Gasteiger charge is -2.39. The highest BCUT2D eigenvalue weighted by molar-refractivity contribution is 7.85. The van der Waals surface area contributed by atoms with Crippen LogP contribution in [0.3, 0.4) is 0 Å². The van der Waals surface area contributed by atoms with Gasteiger partial charge in [0.2, 0.25) is 0 Å². The molecule has 0 spiro atoms. The van der Waals surface area contributed by atoms with E-state index in [1.165, 1.54) is 22.3 Å². The fourth-order valence-corrected chi connectivity index (χ4v) is 5.00. The molecule has 4 rings (SSSR count). The molecule has 0 aromatic heterocycles. The molecule has 0 radical (unpaired) electrons. The van der Waals surface area contributed by atoms with E-state index in [0.29, 0.717) is 13.0 Å². The zero-order valence-electron chi connectivity index (χ0n) is 20.5. The Hall–Kier alpha value is -2.87. The summed E-state index contributed by atoms with van der Waals surface area (Å²) in [6.45, 7) is 4.50. The molecule has 35 heavy (non-hydrogen) atoms. The van der Waals surface area contributed by atoms with Gasteiger partial charge in [0.25, 0.3) is 10.1 Å². The number of methoxy groups -OCH3 is 1. The molecule has 3 aromatic carbocycles. The third-order valence-corrected chi connectivity index (χ3v) is 7.08. The molecule has 0 aliphatic carbocycles. The van der Waals surface area contributed by atoms with Crippen molar-refractivity contribution in [1.29, 1.82) is 0 Å². The van der Waals surface area contributed by atoms with Crippen LogP contribution < -0.4 is 9.47 Å². The van der Waals surface area contributed by atoms with E-state index in [1.807, 2.05) is 24.3 Å². The third-order valence-electron chi connectivity index (χ3n) is 6.48. The van der Waals surface area contributed by atoms with Gasteiger partial charge >= 0.3 is 0 Å². The van der Waals surface area contributed by atoms with Crippen LogP contribution in [0, 0.1) is 0 Å². The van der Waals surface area contributed by atoms with Crippen LogP contribution in [0.4, 0.5) is 0 Å².